The SMILES string of the molecule is O=COCCc1ccc(Cl)s1. The van der Waals surface area contributed by atoms with E-state index in [1.165, 1.54) is 11.3 Å². The summed E-state index contributed by atoms with van der Waals surface area (Å²) in [4.78, 5) is 10.9. The molecule has 0 radical (unpaired) electrons. The molecule has 1 aromatic rings. The largest absolute Gasteiger partial charge is 0.468 e. The van der Waals surface area contributed by atoms with Crippen LogP contribution in [0.4, 0.5) is 0 Å². The minimum absolute atomic E-state index is 0.431. The summed E-state index contributed by atoms with van der Waals surface area (Å²) in [6, 6.07) is 3.77. The highest BCUT2D eigenvalue weighted by Crippen LogP contribution is 2.21. The van der Waals surface area contributed by atoms with E-state index in [0.29, 0.717) is 13.1 Å². The van der Waals surface area contributed by atoms with Crippen LogP contribution in [0.2, 0.25) is 4.34 Å². The van der Waals surface area contributed by atoms with Crippen molar-refractivity contribution >= 4 is 29.4 Å². The van der Waals surface area contributed by atoms with Crippen molar-refractivity contribution in [2.75, 3.05) is 6.61 Å². The zero-order valence-corrected chi connectivity index (χ0v) is 7.32. The van der Waals surface area contributed by atoms with E-state index in [9.17, 15) is 4.79 Å². The molecule has 0 unspecified atom stereocenters. The molecule has 0 spiro atoms. The third-order valence-corrected chi connectivity index (χ3v) is 2.45. The van der Waals surface area contributed by atoms with E-state index in [1.807, 2.05) is 12.1 Å². The van der Waals surface area contributed by atoms with Crippen molar-refractivity contribution in [1.29, 1.82) is 0 Å². The van der Waals surface area contributed by atoms with Gasteiger partial charge in [0, 0.05) is 11.3 Å². The summed E-state index contributed by atoms with van der Waals surface area (Å²) in [5.41, 5.74) is 0. The second-order valence-electron chi connectivity index (χ2n) is 1.92. The first-order valence-electron chi connectivity index (χ1n) is 3.12. The van der Waals surface area contributed by atoms with Crippen LogP contribution in [0.15, 0.2) is 12.1 Å². The Hall–Kier alpha value is -0.540. The maximum Gasteiger partial charge on any atom is 0.293 e. The molecular formula is C7H7ClO2S. The summed E-state index contributed by atoms with van der Waals surface area (Å²) < 4.78 is 5.30. The average Bonchev–Trinajstić information content (AvgIpc) is 2.37. The topological polar surface area (TPSA) is 26.3 Å². The Bertz CT molecular complexity index is 234. The van der Waals surface area contributed by atoms with E-state index >= 15 is 0 Å². The Labute approximate surface area is 73.7 Å². The van der Waals surface area contributed by atoms with Gasteiger partial charge < -0.3 is 4.74 Å². The van der Waals surface area contributed by atoms with E-state index in [2.05, 4.69) is 4.74 Å². The van der Waals surface area contributed by atoms with Crippen molar-refractivity contribution in [1.82, 2.24) is 0 Å². The third-order valence-electron chi connectivity index (χ3n) is 1.16. The molecule has 2 nitrogen and oxygen atoms in total. The van der Waals surface area contributed by atoms with Crippen molar-refractivity contribution in [3.05, 3.63) is 21.3 Å². The molecule has 4 heteroatoms. The lowest BCUT2D eigenvalue weighted by Crippen LogP contribution is -1.93. The molecule has 0 atom stereocenters. The molecule has 0 N–H and O–H groups in total. The summed E-state index contributed by atoms with van der Waals surface area (Å²) >= 11 is 7.19. The molecule has 0 aliphatic rings. The van der Waals surface area contributed by atoms with Gasteiger partial charge in [-0.25, -0.2) is 0 Å². The molecule has 0 saturated heterocycles. The molecule has 0 aromatic carbocycles. The standard InChI is InChI=1S/C7H7ClO2S/c8-7-2-1-6(11-7)3-4-10-5-9/h1-2,5H,3-4H2. The molecule has 0 aliphatic heterocycles. The van der Waals surface area contributed by atoms with Gasteiger partial charge in [0.15, 0.2) is 0 Å². The van der Waals surface area contributed by atoms with Crippen molar-refractivity contribution in [2.45, 2.75) is 6.42 Å². The fraction of sp³-hybridized carbons (Fsp3) is 0.286. The number of carbonyl (C=O) groups excluding carboxylic acids is 1. The number of rotatable bonds is 4. The normalized spacial score (nSPS) is 9.55. The first kappa shape index (κ1) is 8.56. The first-order chi connectivity index (χ1) is 5.33. The number of hydrogen-bond acceptors (Lipinski definition) is 3. The Kier molecular flexibility index (Phi) is 3.39. The number of halogens is 1. The van der Waals surface area contributed by atoms with Crippen molar-refractivity contribution in [3.8, 4) is 0 Å². The van der Waals surface area contributed by atoms with E-state index in [1.54, 1.807) is 0 Å². The van der Waals surface area contributed by atoms with Crippen LogP contribution in [-0.2, 0) is 16.0 Å². The van der Waals surface area contributed by atoms with Crippen LogP contribution in [0.3, 0.4) is 0 Å². The Morgan fingerprint density at radius 3 is 3.00 bits per heavy atom. The van der Waals surface area contributed by atoms with Gasteiger partial charge >= 0.3 is 0 Å². The molecule has 0 amide bonds. The fourth-order valence-electron chi connectivity index (χ4n) is 0.694. The zero-order chi connectivity index (χ0) is 8.10. The predicted octanol–water partition coefficient (Wildman–Crippen LogP) is 2.12. The molecule has 1 heterocycles. The molecule has 0 aliphatic carbocycles. The van der Waals surface area contributed by atoms with E-state index in [4.69, 9.17) is 11.6 Å². The second-order valence-corrected chi connectivity index (χ2v) is 3.72. The van der Waals surface area contributed by atoms with Gasteiger partial charge in [-0.05, 0) is 12.1 Å². The summed E-state index contributed by atoms with van der Waals surface area (Å²) in [7, 11) is 0. The van der Waals surface area contributed by atoms with Gasteiger partial charge in [-0.15, -0.1) is 11.3 Å². The fourth-order valence-corrected chi connectivity index (χ4v) is 1.76. The van der Waals surface area contributed by atoms with Gasteiger partial charge in [-0.1, -0.05) is 11.6 Å². The lowest BCUT2D eigenvalue weighted by Gasteiger charge is -1.93. The van der Waals surface area contributed by atoms with Crippen LogP contribution in [0.1, 0.15) is 4.88 Å². The van der Waals surface area contributed by atoms with Gasteiger partial charge in [-0.3, -0.25) is 4.79 Å². The van der Waals surface area contributed by atoms with Gasteiger partial charge in [0.1, 0.15) is 0 Å². The first-order valence-corrected chi connectivity index (χ1v) is 4.32. The smallest absolute Gasteiger partial charge is 0.293 e. The summed E-state index contributed by atoms with van der Waals surface area (Å²) in [5.74, 6) is 0. The maximum atomic E-state index is 9.76. The monoisotopic (exact) mass is 190 g/mol. The summed E-state index contributed by atoms with van der Waals surface area (Å²) in [6.45, 7) is 0.884. The highest BCUT2D eigenvalue weighted by molar-refractivity contribution is 7.16. The summed E-state index contributed by atoms with van der Waals surface area (Å²) in [6.07, 6.45) is 0.746. The molecule has 60 valence electrons. The van der Waals surface area contributed by atoms with Crippen LogP contribution < -0.4 is 0 Å². The van der Waals surface area contributed by atoms with E-state index in [0.717, 1.165) is 15.6 Å². The Balaban J connectivity index is 2.32. The average molecular weight is 191 g/mol. The van der Waals surface area contributed by atoms with Crippen molar-refractivity contribution in [2.24, 2.45) is 0 Å². The predicted molar refractivity (Wildman–Crippen MR) is 45.0 cm³/mol. The molecule has 11 heavy (non-hydrogen) atoms. The van der Waals surface area contributed by atoms with E-state index in [-0.39, 0.29) is 0 Å². The van der Waals surface area contributed by atoms with Gasteiger partial charge in [-0.2, -0.15) is 0 Å². The Morgan fingerprint density at radius 1 is 1.64 bits per heavy atom. The highest BCUT2D eigenvalue weighted by Gasteiger charge is 1.96. The van der Waals surface area contributed by atoms with Gasteiger partial charge in [0.25, 0.3) is 6.47 Å². The number of hydrogen-bond donors (Lipinski definition) is 0. The second kappa shape index (κ2) is 4.36. The maximum absolute atomic E-state index is 9.76. The summed E-state index contributed by atoms with van der Waals surface area (Å²) in [5, 5.41) is 0. The van der Waals surface area contributed by atoms with E-state index < -0.39 is 0 Å². The Morgan fingerprint density at radius 2 is 2.45 bits per heavy atom. The molecule has 0 saturated carbocycles. The molecule has 0 fully saturated rings. The number of ether oxygens (including phenoxy) is 1. The lowest BCUT2D eigenvalue weighted by atomic mass is 10.4. The van der Waals surface area contributed by atoms with Crippen molar-refractivity contribution in [3.63, 3.8) is 0 Å². The van der Waals surface area contributed by atoms with Crippen LogP contribution in [0.5, 0.6) is 0 Å². The quantitative estimate of drug-likeness (QED) is 0.537. The number of thiophene rings is 1. The van der Waals surface area contributed by atoms with Crippen molar-refractivity contribution < 1.29 is 9.53 Å². The zero-order valence-electron chi connectivity index (χ0n) is 5.75. The number of carbonyl (C=O) groups is 1. The highest BCUT2D eigenvalue weighted by atomic mass is 35.5. The third kappa shape index (κ3) is 2.91. The minimum atomic E-state index is 0.431. The van der Waals surface area contributed by atoms with Crippen LogP contribution >= 0.6 is 22.9 Å². The molecule has 1 aromatic heterocycles. The molecule has 0 bridgehead atoms. The molecular weight excluding hydrogens is 184 g/mol. The van der Waals surface area contributed by atoms with Gasteiger partial charge in [0.05, 0.1) is 10.9 Å². The van der Waals surface area contributed by atoms with Crippen LogP contribution in [0, 0.1) is 0 Å². The lowest BCUT2D eigenvalue weighted by molar-refractivity contribution is -0.128. The van der Waals surface area contributed by atoms with Gasteiger partial charge in [0.2, 0.25) is 0 Å². The van der Waals surface area contributed by atoms with Crippen LogP contribution in [-0.4, -0.2) is 13.1 Å². The minimum Gasteiger partial charge on any atom is -0.468 e. The molecule has 1 rings (SSSR count). The van der Waals surface area contributed by atoms with Crippen LogP contribution in [0.25, 0.3) is 0 Å².